The number of nitrogens with zero attached hydrogens (tertiary/aromatic N) is 1. The Morgan fingerprint density at radius 2 is 1.50 bits per heavy atom. The Morgan fingerprint density at radius 3 is 2.19 bits per heavy atom. The Balaban J connectivity index is 1.37. The fraction of sp³-hybridized carbons (Fsp3) is 0.0667. The molecular weight excluding hydrogens is 565 g/mol. The van der Waals surface area contributed by atoms with E-state index in [1.54, 1.807) is 13.2 Å². The Labute approximate surface area is 223 Å². The van der Waals surface area contributed by atoms with Crippen molar-refractivity contribution in [2.45, 2.75) is 6.61 Å². The number of carbonyl (C=O) groups excluding carboxylic acids is 1. The van der Waals surface area contributed by atoms with Crippen LogP contribution < -0.4 is 9.47 Å². The number of aliphatic imine (C=N–C) groups is 1. The molecule has 1 aliphatic rings. The van der Waals surface area contributed by atoms with E-state index in [4.69, 9.17) is 14.2 Å². The van der Waals surface area contributed by atoms with Crippen molar-refractivity contribution in [3.05, 3.63) is 123 Å². The van der Waals surface area contributed by atoms with Gasteiger partial charge in [-0.2, -0.15) is 0 Å². The molecule has 5 nitrogen and oxygen atoms in total. The summed E-state index contributed by atoms with van der Waals surface area (Å²) in [6.07, 6.45) is 1.69. The van der Waals surface area contributed by atoms with E-state index in [0.717, 1.165) is 31.4 Å². The van der Waals surface area contributed by atoms with E-state index in [1.807, 2.05) is 84.9 Å². The molecule has 0 N–H and O–H groups in total. The Morgan fingerprint density at radius 1 is 0.861 bits per heavy atom. The summed E-state index contributed by atoms with van der Waals surface area (Å²) in [7, 11) is 1.59. The Bertz CT molecular complexity index is 1450. The molecule has 5 rings (SSSR count). The molecule has 1 aliphatic heterocycles. The molecule has 0 unspecified atom stereocenters. The minimum absolute atomic E-state index is 0.230. The van der Waals surface area contributed by atoms with Crippen molar-refractivity contribution in [2.24, 2.45) is 4.99 Å². The molecule has 0 bridgehead atoms. The maximum absolute atomic E-state index is 12.6. The first kappa shape index (κ1) is 23.8. The van der Waals surface area contributed by atoms with Gasteiger partial charge in [-0.25, -0.2) is 9.79 Å². The second-order valence-corrected chi connectivity index (χ2v) is 9.25. The predicted octanol–water partition coefficient (Wildman–Crippen LogP) is 6.89. The third-order valence-electron chi connectivity index (χ3n) is 5.64. The minimum Gasteiger partial charge on any atom is -0.493 e. The number of cyclic esters (lactones) is 1. The lowest BCUT2D eigenvalue weighted by Gasteiger charge is -2.13. The van der Waals surface area contributed by atoms with E-state index in [2.05, 4.69) is 39.7 Å². The predicted molar refractivity (Wildman–Crippen MR) is 149 cm³/mol. The molecule has 178 valence electrons. The van der Waals surface area contributed by atoms with Crippen molar-refractivity contribution in [3.63, 3.8) is 0 Å². The first-order chi connectivity index (χ1) is 17.6. The van der Waals surface area contributed by atoms with Crippen LogP contribution >= 0.6 is 22.6 Å². The molecule has 0 radical (unpaired) electrons. The van der Waals surface area contributed by atoms with Crippen LogP contribution in [0.4, 0.5) is 0 Å². The van der Waals surface area contributed by atoms with Crippen molar-refractivity contribution in [2.75, 3.05) is 7.11 Å². The molecule has 0 aliphatic carbocycles. The smallest absolute Gasteiger partial charge is 0.363 e. The van der Waals surface area contributed by atoms with E-state index in [0.29, 0.717) is 18.1 Å². The highest BCUT2D eigenvalue weighted by Crippen LogP contribution is 2.35. The monoisotopic (exact) mass is 587 g/mol. The lowest BCUT2D eigenvalue weighted by Crippen LogP contribution is -2.05. The molecule has 0 spiro atoms. The van der Waals surface area contributed by atoms with Gasteiger partial charge in [-0.15, -0.1) is 0 Å². The standard InChI is InChI=1S/C30H22INO4/c1-34-27-18-21(16-25(31)28(27)35-19-20-8-4-2-5-9-20)17-26-30(33)36-29(32-26)24-14-12-23(13-15-24)22-10-6-3-7-11-22/h2-18H,19H2,1H3/b26-17-. The molecule has 6 heteroatoms. The Hall–Kier alpha value is -3.91. The number of ether oxygens (including phenoxy) is 3. The van der Waals surface area contributed by atoms with Gasteiger partial charge in [0, 0.05) is 5.56 Å². The molecule has 4 aromatic carbocycles. The van der Waals surface area contributed by atoms with Crippen LogP contribution in [0.2, 0.25) is 0 Å². The van der Waals surface area contributed by atoms with Crippen molar-refractivity contribution >= 4 is 40.5 Å². The van der Waals surface area contributed by atoms with Crippen LogP contribution in [0, 0.1) is 3.57 Å². The van der Waals surface area contributed by atoms with Crippen LogP contribution in [-0.2, 0) is 16.1 Å². The van der Waals surface area contributed by atoms with Crippen LogP contribution in [0.3, 0.4) is 0 Å². The summed E-state index contributed by atoms with van der Waals surface area (Å²) in [5.41, 5.74) is 5.00. The summed E-state index contributed by atoms with van der Waals surface area (Å²) >= 11 is 2.20. The number of esters is 1. The van der Waals surface area contributed by atoms with Crippen LogP contribution in [-0.4, -0.2) is 19.0 Å². The van der Waals surface area contributed by atoms with E-state index in [-0.39, 0.29) is 11.6 Å². The summed E-state index contributed by atoms with van der Waals surface area (Å²) in [5.74, 6) is 1.03. The largest absolute Gasteiger partial charge is 0.493 e. The first-order valence-corrected chi connectivity index (χ1v) is 12.4. The van der Waals surface area contributed by atoms with E-state index >= 15 is 0 Å². The summed E-state index contributed by atoms with van der Waals surface area (Å²) in [6.45, 7) is 0.427. The molecule has 0 saturated heterocycles. The molecule has 1 heterocycles. The van der Waals surface area contributed by atoms with Gasteiger partial charge in [0.2, 0.25) is 5.90 Å². The van der Waals surface area contributed by atoms with E-state index < -0.39 is 5.97 Å². The van der Waals surface area contributed by atoms with Gasteiger partial charge in [0.25, 0.3) is 0 Å². The van der Waals surface area contributed by atoms with Gasteiger partial charge in [-0.3, -0.25) is 0 Å². The van der Waals surface area contributed by atoms with Crippen LogP contribution in [0.15, 0.2) is 108 Å². The van der Waals surface area contributed by atoms with Gasteiger partial charge in [-0.1, -0.05) is 72.8 Å². The average Bonchev–Trinajstić information content (AvgIpc) is 3.28. The third-order valence-corrected chi connectivity index (χ3v) is 6.44. The summed E-state index contributed by atoms with van der Waals surface area (Å²) in [5, 5.41) is 0. The average molecular weight is 587 g/mol. The van der Waals surface area contributed by atoms with Gasteiger partial charge < -0.3 is 14.2 Å². The molecule has 0 fully saturated rings. The molecule has 36 heavy (non-hydrogen) atoms. The molecule has 0 amide bonds. The highest BCUT2D eigenvalue weighted by atomic mass is 127. The first-order valence-electron chi connectivity index (χ1n) is 11.3. The fourth-order valence-corrected chi connectivity index (χ4v) is 4.60. The minimum atomic E-state index is -0.490. The van der Waals surface area contributed by atoms with Gasteiger partial charge in [-0.05, 0) is 75.2 Å². The lowest BCUT2D eigenvalue weighted by atomic mass is 10.0. The number of rotatable bonds is 7. The molecular formula is C30H22INO4. The molecule has 0 saturated carbocycles. The number of carbonyl (C=O) groups is 1. The quantitative estimate of drug-likeness (QED) is 0.134. The Kier molecular flexibility index (Phi) is 7.13. The molecule has 0 atom stereocenters. The zero-order chi connectivity index (χ0) is 24.9. The van der Waals surface area contributed by atoms with Crippen molar-refractivity contribution in [3.8, 4) is 22.6 Å². The highest BCUT2D eigenvalue weighted by molar-refractivity contribution is 14.1. The number of hydrogen-bond acceptors (Lipinski definition) is 5. The summed E-state index contributed by atoms with van der Waals surface area (Å²) in [4.78, 5) is 17.0. The number of hydrogen-bond donors (Lipinski definition) is 0. The number of methoxy groups -OCH3 is 1. The molecule has 4 aromatic rings. The van der Waals surface area contributed by atoms with Gasteiger partial charge in [0.15, 0.2) is 17.2 Å². The van der Waals surface area contributed by atoms with Crippen molar-refractivity contribution in [1.82, 2.24) is 0 Å². The van der Waals surface area contributed by atoms with Gasteiger partial charge in [0.1, 0.15) is 6.61 Å². The second kappa shape index (κ2) is 10.8. The summed E-state index contributed by atoms with van der Waals surface area (Å²) in [6, 6.07) is 31.6. The lowest BCUT2D eigenvalue weighted by molar-refractivity contribution is -0.129. The van der Waals surface area contributed by atoms with Crippen LogP contribution in [0.1, 0.15) is 16.7 Å². The zero-order valence-electron chi connectivity index (χ0n) is 19.5. The topological polar surface area (TPSA) is 57.1 Å². The third kappa shape index (κ3) is 5.33. The van der Waals surface area contributed by atoms with E-state index in [9.17, 15) is 4.79 Å². The highest BCUT2D eigenvalue weighted by Gasteiger charge is 2.24. The van der Waals surface area contributed by atoms with Crippen molar-refractivity contribution < 1.29 is 19.0 Å². The maximum Gasteiger partial charge on any atom is 0.363 e. The SMILES string of the molecule is COc1cc(/C=C2\N=C(c3ccc(-c4ccccc4)cc3)OC2=O)cc(I)c1OCc1ccccc1. The van der Waals surface area contributed by atoms with Crippen LogP contribution in [0.25, 0.3) is 17.2 Å². The van der Waals surface area contributed by atoms with Gasteiger partial charge >= 0.3 is 5.97 Å². The van der Waals surface area contributed by atoms with E-state index in [1.165, 1.54) is 0 Å². The van der Waals surface area contributed by atoms with Gasteiger partial charge in [0.05, 0.1) is 10.7 Å². The fourth-order valence-electron chi connectivity index (χ4n) is 3.82. The second-order valence-electron chi connectivity index (χ2n) is 8.09. The van der Waals surface area contributed by atoms with Crippen LogP contribution in [0.5, 0.6) is 11.5 Å². The zero-order valence-corrected chi connectivity index (χ0v) is 21.6. The number of halogens is 1. The molecule has 0 aromatic heterocycles. The normalized spacial score (nSPS) is 13.9. The van der Waals surface area contributed by atoms with Crippen molar-refractivity contribution in [1.29, 1.82) is 0 Å². The summed E-state index contributed by atoms with van der Waals surface area (Å²) < 4.78 is 17.9. The maximum atomic E-state index is 12.6. The number of benzene rings is 4.